The van der Waals surface area contributed by atoms with E-state index in [1.165, 1.54) is 12.5 Å². The van der Waals surface area contributed by atoms with Gasteiger partial charge >= 0.3 is 5.97 Å². The molecule has 4 aliphatic rings. The lowest BCUT2D eigenvalue weighted by molar-refractivity contribution is -0.159. The number of nitrogens with one attached hydrogen (secondary N) is 1. The summed E-state index contributed by atoms with van der Waals surface area (Å²) < 4.78 is 0. The van der Waals surface area contributed by atoms with Gasteiger partial charge in [-0.25, -0.2) is 4.79 Å². The first-order valence-electron chi connectivity index (χ1n) is 13.8. The summed E-state index contributed by atoms with van der Waals surface area (Å²) in [6.07, 6.45) is 8.75. The van der Waals surface area contributed by atoms with E-state index in [1.54, 1.807) is 0 Å². The van der Waals surface area contributed by atoms with Gasteiger partial charge in [-0.2, -0.15) is 0 Å². The molecular formula is C28H41N3O7. The number of carboxylic acid groups (broad SMARTS) is 1. The summed E-state index contributed by atoms with van der Waals surface area (Å²) in [6.45, 7) is 5.58. The topological polar surface area (TPSA) is 168 Å². The highest BCUT2D eigenvalue weighted by Gasteiger charge is 2.65. The molecule has 5 N–H and O–H groups in total. The minimum absolute atomic E-state index is 0.0344. The molecule has 2 amide bonds. The number of carbonyl (C=O) groups excluding carboxylic acids is 3. The summed E-state index contributed by atoms with van der Waals surface area (Å²) in [5.74, 6) is -1.28. The fraction of sp³-hybridized carbons (Fsp3) is 0.750. The zero-order valence-electron chi connectivity index (χ0n) is 22.6. The Bertz CT molecular complexity index is 1070. The van der Waals surface area contributed by atoms with Crippen LogP contribution in [-0.2, 0) is 24.0 Å². The Kier molecular flexibility index (Phi) is 7.76. The highest BCUT2D eigenvalue weighted by atomic mass is 16.6. The summed E-state index contributed by atoms with van der Waals surface area (Å²) in [4.78, 5) is 52.1. The number of nitrogens with two attached hydrogens (primary N) is 1. The number of rotatable bonds is 9. The van der Waals surface area contributed by atoms with E-state index in [0.717, 1.165) is 44.2 Å². The van der Waals surface area contributed by atoms with E-state index in [1.807, 2.05) is 0 Å². The molecule has 0 radical (unpaired) electrons. The Morgan fingerprint density at radius 1 is 1.13 bits per heavy atom. The molecule has 0 spiro atoms. The van der Waals surface area contributed by atoms with Gasteiger partial charge in [-0.15, -0.1) is 0 Å². The maximum atomic E-state index is 12.4. The molecule has 0 bridgehead atoms. The van der Waals surface area contributed by atoms with E-state index in [4.69, 9.17) is 10.6 Å². The van der Waals surface area contributed by atoms with Gasteiger partial charge in [0.1, 0.15) is 11.6 Å². The maximum Gasteiger partial charge on any atom is 0.326 e. The van der Waals surface area contributed by atoms with Gasteiger partial charge < -0.3 is 26.1 Å². The monoisotopic (exact) mass is 531 g/mol. The molecule has 3 saturated carbocycles. The molecule has 210 valence electrons. The molecule has 0 unspecified atom stereocenters. The van der Waals surface area contributed by atoms with Gasteiger partial charge in [0.25, 0.3) is 5.91 Å². The van der Waals surface area contributed by atoms with Crippen molar-refractivity contribution < 1.29 is 34.2 Å². The van der Waals surface area contributed by atoms with Crippen LogP contribution < -0.4 is 11.1 Å². The Morgan fingerprint density at radius 3 is 2.50 bits per heavy atom. The Labute approximate surface area is 223 Å². The average Bonchev–Trinajstić information content (AvgIpc) is 3.13. The first-order valence-corrected chi connectivity index (χ1v) is 13.8. The van der Waals surface area contributed by atoms with E-state index >= 15 is 0 Å². The SMILES string of the molecule is CC(=O)[C@@]1(O)CC[C@H]2[C@@H]3CCC4=C/C(=N/OCC(=O)N[C@H](CCC(N)=O)C(=O)O)CC[C@]4(C)[C@H]3CC[C@@]21C. The summed E-state index contributed by atoms with van der Waals surface area (Å²) in [5.41, 5.74) is 5.64. The number of Topliss-reactive ketones (excluding diaryl/α,β-unsaturated/α-hetero) is 1. The number of hydrogen-bond acceptors (Lipinski definition) is 7. The molecule has 0 aromatic rings. The zero-order valence-corrected chi connectivity index (χ0v) is 22.6. The van der Waals surface area contributed by atoms with Crippen LogP contribution in [-0.4, -0.2) is 57.7 Å². The third-order valence-electron chi connectivity index (χ3n) is 10.4. The van der Waals surface area contributed by atoms with E-state index in [9.17, 15) is 29.4 Å². The fourth-order valence-electron chi connectivity index (χ4n) is 8.19. The normalized spacial score (nSPS) is 37.7. The predicted octanol–water partition coefficient (Wildman–Crippen LogP) is 2.48. The molecule has 0 saturated heterocycles. The van der Waals surface area contributed by atoms with Crippen LogP contribution in [0.5, 0.6) is 0 Å². The molecule has 4 rings (SSSR count). The van der Waals surface area contributed by atoms with E-state index in [2.05, 4.69) is 30.4 Å². The molecule has 0 aromatic heterocycles. The number of amides is 2. The summed E-state index contributed by atoms with van der Waals surface area (Å²) in [5, 5.41) is 27.0. The second-order valence-electron chi connectivity index (χ2n) is 12.2. The minimum atomic E-state index is -1.25. The quantitative estimate of drug-likeness (QED) is 0.331. The Hall–Kier alpha value is -2.75. The van der Waals surface area contributed by atoms with Crippen molar-refractivity contribution in [1.29, 1.82) is 0 Å². The van der Waals surface area contributed by atoms with Crippen LogP contribution in [0.2, 0.25) is 0 Å². The molecule has 0 aliphatic heterocycles. The highest BCUT2D eigenvalue weighted by molar-refractivity contribution is 5.96. The number of primary amides is 1. The van der Waals surface area contributed by atoms with Gasteiger partial charge in [-0.1, -0.05) is 24.6 Å². The van der Waals surface area contributed by atoms with Crippen molar-refractivity contribution in [2.24, 2.45) is 39.5 Å². The summed E-state index contributed by atoms with van der Waals surface area (Å²) in [6, 6.07) is -1.22. The largest absolute Gasteiger partial charge is 0.480 e. The van der Waals surface area contributed by atoms with Crippen LogP contribution in [0.1, 0.15) is 85.0 Å². The molecule has 4 aliphatic carbocycles. The van der Waals surface area contributed by atoms with Crippen LogP contribution in [0.3, 0.4) is 0 Å². The first kappa shape index (κ1) is 28.3. The molecule has 10 nitrogen and oxygen atoms in total. The van der Waals surface area contributed by atoms with Crippen molar-refractivity contribution in [2.45, 2.75) is 96.6 Å². The van der Waals surface area contributed by atoms with Crippen molar-refractivity contribution in [2.75, 3.05) is 6.61 Å². The molecule has 0 aromatic carbocycles. The van der Waals surface area contributed by atoms with Crippen LogP contribution in [0.25, 0.3) is 0 Å². The maximum absolute atomic E-state index is 12.4. The van der Waals surface area contributed by atoms with Gasteiger partial charge in [-0.05, 0) is 94.0 Å². The molecule has 10 heteroatoms. The van der Waals surface area contributed by atoms with Crippen LogP contribution >= 0.6 is 0 Å². The molecule has 3 fully saturated rings. The lowest BCUT2D eigenvalue weighted by atomic mass is 9.46. The van der Waals surface area contributed by atoms with E-state index in [0.29, 0.717) is 30.6 Å². The minimum Gasteiger partial charge on any atom is -0.480 e. The zero-order chi connectivity index (χ0) is 27.9. The molecule has 7 atom stereocenters. The number of ketones is 1. The van der Waals surface area contributed by atoms with Crippen LogP contribution in [0.15, 0.2) is 16.8 Å². The summed E-state index contributed by atoms with van der Waals surface area (Å²) >= 11 is 0. The molecule has 38 heavy (non-hydrogen) atoms. The van der Waals surface area contributed by atoms with Crippen molar-refractivity contribution in [3.63, 3.8) is 0 Å². The second kappa shape index (κ2) is 10.4. The van der Waals surface area contributed by atoms with Gasteiger partial charge in [0.15, 0.2) is 12.4 Å². The predicted molar refractivity (Wildman–Crippen MR) is 139 cm³/mol. The molecule has 0 heterocycles. The highest BCUT2D eigenvalue weighted by Crippen LogP contribution is 2.67. The molecular weight excluding hydrogens is 490 g/mol. The van der Waals surface area contributed by atoms with Crippen LogP contribution in [0.4, 0.5) is 0 Å². The Morgan fingerprint density at radius 2 is 1.84 bits per heavy atom. The number of fused-ring (bicyclic) bond motifs is 5. The smallest absolute Gasteiger partial charge is 0.326 e. The number of carboxylic acids is 1. The van der Waals surface area contributed by atoms with E-state index in [-0.39, 0.29) is 29.5 Å². The van der Waals surface area contributed by atoms with Gasteiger partial charge in [0.05, 0.1) is 5.71 Å². The number of allylic oxidation sites excluding steroid dienone is 2. The number of carbonyl (C=O) groups is 4. The standard InChI is InChI=1S/C28H41N3O7/c1-16(32)28(37)13-10-21-19-5-4-17-14-18(8-11-26(17,2)20(19)9-12-27(21,28)3)31-38-15-24(34)30-22(25(35)36)6-7-23(29)33/h14,19-22,37H,4-13,15H2,1-3H3,(H2,29,33)(H,30,34)(H,35,36)/b31-18+/t19-,20+,21+,22-,26+,27+,28+/m1/s1. The van der Waals surface area contributed by atoms with Crippen molar-refractivity contribution in [3.8, 4) is 0 Å². The van der Waals surface area contributed by atoms with Gasteiger partial charge in [0, 0.05) is 11.8 Å². The third kappa shape index (κ3) is 4.87. The lowest BCUT2D eigenvalue weighted by Gasteiger charge is -2.59. The lowest BCUT2D eigenvalue weighted by Crippen LogP contribution is -2.57. The van der Waals surface area contributed by atoms with Gasteiger partial charge in [0.2, 0.25) is 5.91 Å². The first-order chi connectivity index (χ1) is 17.8. The summed E-state index contributed by atoms with van der Waals surface area (Å²) in [7, 11) is 0. The number of aliphatic carboxylic acids is 1. The fourth-order valence-corrected chi connectivity index (χ4v) is 8.19. The average molecular weight is 532 g/mol. The Balaban J connectivity index is 1.38. The van der Waals surface area contributed by atoms with Crippen LogP contribution in [0, 0.1) is 28.6 Å². The van der Waals surface area contributed by atoms with Crippen molar-refractivity contribution in [1.82, 2.24) is 5.32 Å². The third-order valence-corrected chi connectivity index (χ3v) is 10.4. The second-order valence-corrected chi connectivity index (χ2v) is 12.2. The number of nitrogens with zero attached hydrogens (tertiary/aromatic N) is 1. The number of hydrogen-bond donors (Lipinski definition) is 4. The van der Waals surface area contributed by atoms with E-state index < -0.39 is 36.0 Å². The number of oxime groups is 1. The van der Waals surface area contributed by atoms with Gasteiger partial charge in [-0.3, -0.25) is 14.4 Å². The number of aliphatic hydroxyl groups is 1. The van der Waals surface area contributed by atoms with Crippen molar-refractivity contribution >= 4 is 29.3 Å². The van der Waals surface area contributed by atoms with Crippen molar-refractivity contribution in [3.05, 3.63) is 11.6 Å².